The number of aryl methyl sites for hydroxylation is 2. The van der Waals surface area contributed by atoms with Gasteiger partial charge in [0.2, 0.25) is 0 Å². The van der Waals surface area contributed by atoms with Gasteiger partial charge in [0.05, 0.1) is 12.2 Å². The molecule has 6 heteroatoms. The summed E-state index contributed by atoms with van der Waals surface area (Å²) in [4.78, 5) is 21.7. The van der Waals surface area contributed by atoms with Crippen LogP contribution in [-0.4, -0.2) is 52.4 Å². The molecule has 28 heavy (non-hydrogen) atoms. The molecule has 0 bridgehead atoms. The van der Waals surface area contributed by atoms with E-state index in [-0.39, 0.29) is 5.56 Å². The molecule has 1 saturated heterocycles. The number of aromatic nitrogens is 3. The van der Waals surface area contributed by atoms with Crippen molar-refractivity contribution in [1.82, 2.24) is 19.7 Å². The lowest BCUT2D eigenvalue weighted by molar-refractivity contribution is 0.242. The predicted octanol–water partition coefficient (Wildman–Crippen LogP) is 2.10. The lowest BCUT2D eigenvalue weighted by Crippen LogP contribution is -2.48. The highest BCUT2D eigenvalue weighted by Crippen LogP contribution is 2.25. The van der Waals surface area contributed by atoms with E-state index in [0.29, 0.717) is 6.54 Å². The van der Waals surface area contributed by atoms with E-state index >= 15 is 0 Å². The van der Waals surface area contributed by atoms with Crippen LogP contribution in [-0.2, 0) is 19.4 Å². The molecule has 0 atom stereocenters. The molecule has 1 aliphatic heterocycles. The van der Waals surface area contributed by atoms with Gasteiger partial charge in [0, 0.05) is 50.4 Å². The SMILES string of the molecule is O=c1cc2c(nn1CCN1CCN(c3nccc4ccccc34)CC1)CCC2. The maximum atomic E-state index is 12.3. The van der Waals surface area contributed by atoms with Crippen molar-refractivity contribution in [3.8, 4) is 0 Å². The first-order valence-corrected chi connectivity index (χ1v) is 10.2. The Balaban J connectivity index is 1.23. The lowest BCUT2D eigenvalue weighted by atomic mass is 10.1. The van der Waals surface area contributed by atoms with Crippen molar-refractivity contribution in [2.45, 2.75) is 25.8 Å². The average molecular weight is 375 g/mol. The van der Waals surface area contributed by atoms with Gasteiger partial charge in [0.15, 0.2) is 0 Å². The molecule has 144 valence electrons. The second-order valence-corrected chi connectivity index (χ2v) is 7.72. The van der Waals surface area contributed by atoms with E-state index in [1.165, 1.54) is 10.8 Å². The van der Waals surface area contributed by atoms with E-state index in [9.17, 15) is 4.79 Å². The van der Waals surface area contributed by atoms with Crippen molar-refractivity contribution in [2.75, 3.05) is 37.6 Å². The van der Waals surface area contributed by atoms with Crippen LogP contribution >= 0.6 is 0 Å². The summed E-state index contributed by atoms with van der Waals surface area (Å²) in [5.41, 5.74) is 2.31. The molecule has 2 aliphatic rings. The minimum Gasteiger partial charge on any atom is -0.354 e. The zero-order chi connectivity index (χ0) is 18.9. The fourth-order valence-corrected chi connectivity index (χ4v) is 4.37. The maximum Gasteiger partial charge on any atom is 0.267 e. The van der Waals surface area contributed by atoms with Crippen LogP contribution in [0, 0.1) is 0 Å². The molecular weight excluding hydrogens is 350 g/mol. The van der Waals surface area contributed by atoms with Gasteiger partial charge >= 0.3 is 0 Å². The Morgan fingerprint density at radius 1 is 0.964 bits per heavy atom. The molecule has 2 aromatic heterocycles. The first-order chi connectivity index (χ1) is 13.8. The molecule has 0 saturated carbocycles. The summed E-state index contributed by atoms with van der Waals surface area (Å²) in [5, 5.41) is 7.04. The number of hydrogen-bond acceptors (Lipinski definition) is 5. The van der Waals surface area contributed by atoms with Gasteiger partial charge in [-0.15, -0.1) is 0 Å². The van der Waals surface area contributed by atoms with Crippen LogP contribution in [0.2, 0.25) is 0 Å². The van der Waals surface area contributed by atoms with Gasteiger partial charge in [0.1, 0.15) is 5.82 Å². The van der Waals surface area contributed by atoms with Crippen LogP contribution in [0.4, 0.5) is 5.82 Å². The maximum absolute atomic E-state index is 12.3. The van der Waals surface area contributed by atoms with Crippen LogP contribution in [0.5, 0.6) is 0 Å². The fraction of sp³-hybridized carbons (Fsp3) is 0.409. The van der Waals surface area contributed by atoms with Crippen LogP contribution in [0.15, 0.2) is 47.4 Å². The Bertz CT molecular complexity index is 1050. The number of benzene rings is 1. The van der Waals surface area contributed by atoms with Crippen molar-refractivity contribution in [3.05, 3.63) is 64.2 Å². The van der Waals surface area contributed by atoms with Crippen molar-refractivity contribution < 1.29 is 0 Å². The van der Waals surface area contributed by atoms with Gasteiger partial charge < -0.3 is 4.90 Å². The summed E-state index contributed by atoms with van der Waals surface area (Å²) in [6.45, 7) is 5.39. The van der Waals surface area contributed by atoms with E-state index in [2.05, 4.69) is 50.2 Å². The summed E-state index contributed by atoms with van der Waals surface area (Å²) in [6, 6.07) is 12.3. The molecule has 3 aromatic rings. The first kappa shape index (κ1) is 17.4. The highest BCUT2D eigenvalue weighted by Gasteiger charge is 2.20. The van der Waals surface area contributed by atoms with Gasteiger partial charge in [-0.3, -0.25) is 9.69 Å². The van der Waals surface area contributed by atoms with Crippen LogP contribution in [0.3, 0.4) is 0 Å². The number of rotatable bonds is 4. The Morgan fingerprint density at radius 2 is 1.82 bits per heavy atom. The quantitative estimate of drug-likeness (QED) is 0.699. The van der Waals surface area contributed by atoms with Crippen LogP contribution in [0.25, 0.3) is 10.8 Å². The average Bonchev–Trinajstić information content (AvgIpc) is 3.19. The number of piperazine rings is 1. The van der Waals surface area contributed by atoms with Gasteiger partial charge in [-0.2, -0.15) is 5.10 Å². The number of pyridine rings is 1. The zero-order valence-electron chi connectivity index (χ0n) is 16.0. The van der Waals surface area contributed by atoms with Gasteiger partial charge in [-0.1, -0.05) is 24.3 Å². The highest BCUT2D eigenvalue weighted by atomic mass is 16.1. The van der Waals surface area contributed by atoms with Gasteiger partial charge in [-0.05, 0) is 36.3 Å². The van der Waals surface area contributed by atoms with Crippen molar-refractivity contribution in [3.63, 3.8) is 0 Å². The molecular formula is C22H25N5O. The van der Waals surface area contributed by atoms with Crippen LogP contribution < -0.4 is 10.5 Å². The van der Waals surface area contributed by atoms with E-state index in [0.717, 1.165) is 69.1 Å². The Kier molecular flexibility index (Phi) is 4.56. The second-order valence-electron chi connectivity index (χ2n) is 7.72. The summed E-state index contributed by atoms with van der Waals surface area (Å²) in [6.07, 6.45) is 5.03. The zero-order valence-corrected chi connectivity index (χ0v) is 16.0. The van der Waals surface area contributed by atoms with Crippen molar-refractivity contribution >= 4 is 16.6 Å². The molecule has 1 aromatic carbocycles. The van der Waals surface area contributed by atoms with Crippen molar-refractivity contribution in [1.29, 1.82) is 0 Å². The van der Waals surface area contributed by atoms with E-state index < -0.39 is 0 Å². The van der Waals surface area contributed by atoms with E-state index in [1.54, 1.807) is 10.7 Å². The minimum absolute atomic E-state index is 0.0410. The normalized spacial score (nSPS) is 17.2. The number of anilines is 1. The third kappa shape index (κ3) is 3.29. The molecule has 1 aliphatic carbocycles. The summed E-state index contributed by atoms with van der Waals surface area (Å²) >= 11 is 0. The molecule has 0 amide bonds. The van der Waals surface area contributed by atoms with E-state index in [4.69, 9.17) is 0 Å². The Labute approximate surface area is 164 Å². The smallest absolute Gasteiger partial charge is 0.267 e. The van der Waals surface area contributed by atoms with Crippen LogP contribution in [0.1, 0.15) is 17.7 Å². The third-order valence-corrected chi connectivity index (χ3v) is 5.98. The number of fused-ring (bicyclic) bond motifs is 2. The third-order valence-electron chi connectivity index (χ3n) is 5.98. The second kappa shape index (κ2) is 7.36. The topological polar surface area (TPSA) is 54.3 Å². The summed E-state index contributed by atoms with van der Waals surface area (Å²) in [7, 11) is 0. The molecule has 5 rings (SSSR count). The molecule has 3 heterocycles. The molecule has 0 radical (unpaired) electrons. The minimum atomic E-state index is 0.0410. The van der Waals surface area contributed by atoms with Gasteiger partial charge in [0.25, 0.3) is 5.56 Å². The number of nitrogens with zero attached hydrogens (tertiary/aromatic N) is 5. The van der Waals surface area contributed by atoms with E-state index in [1.807, 2.05) is 6.20 Å². The molecule has 0 unspecified atom stereocenters. The number of hydrogen-bond donors (Lipinski definition) is 0. The monoisotopic (exact) mass is 375 g/mol. The molecule has 0 spiro atoms. The molecule has 1 fully saturated rings. The Hall–Kier alpha value is -2.73. The van der Waals surface area contributed by atoms with Gasteiger partial charge in [-0.25, -0.2) is 9.67 Å². The highest BCUT2D eigenvalue weighted by molar-refractivity contribution is 5.92. The Morgan fingerprint density at radius 3 is 2.71 bits per heavy atom. The summed E-state index contributed by atoms with van der Waals surface area (Å²) in [5.74, 6) is 1.08. The summed E-state index contributed by atoms with van der Waals surface area (Å²) < 4.78 is 1.66. The largest absolute Gasteiger partial charge is 0.354 e. The standard InChI is InChI=1S/C22H25N5O/c28-21-16-18-5-3-7-20(18)24-27(21)15-12-25-10-13-26(14-11-25)22-19-6-2-1-4-17(19)8-9-23-22/h1-2,4,6,8-9,16H,3,5,7,10-15H2. The lowest BCUT2D eigenvalue weighted by Gasteiger charge is -2.35. The first-order valence-electron chi connectivity index (χ1n) is 10.2. The van der Waals surface area contributed by atoms with Crippen molar-refractivity contribution in [2.24, 2.45) is 0 Å². The fourth-order valence-electron chi connectivity index (χ4n) is 4.37. The molecule has 0 N–H and O–H groups in total. The predicted molar refractivity (Wildman–Crippen MR) is 111 cm³/mol. The molecule has 6 nitrogen and oxygen atoms in total.